The second-order valence-electron chi connectivity index (χ2n) is 8.45. The summed E-state index contributed by atoms with van der Waals surface area (Å²) in [7, 11) is 0. The molecule has 0 N–H and O–H groups in total. The summed E-state index contributed by atoms with van der Waals surface area (Å²) in [6, 6.07) is 3.37. The molecule has 4 nitrogen and oxygen atoms in total. The quantitative estimate of drug-likeness (QED) is 0.798. The highest BCUT2D eigenvalue weighted by atomic mass is 32.2. The van der Waals surface area contributed by atoms with Gasteiger partial charge in [-0.3, -0.25) is 9.58 Å². The predicted molar refractivity (Wildman–Crippen MR) is 94.0 cm³/mol. The van der Waals surface area contributed by atoms with Crippen LogP contribution in [0.2, 0.25) is 0 Å². The van der Waals surface area contributed by atoms with Crippen LogP contribution in [0.15, 0.2) is 12.3 Å². The smallest absolute Gasteiger partial charge is 0.117 e. The van der Waals surface area contributed by atoms with Crippen molar-refractivity contribution in [1.82, 2.24) is 14.7 Å². The minimum atomic E-state index is -0.523. The van der Waals surface area contributed by atoms with E-state index in [4.69, 9.17) is 0 Å². The summed E-state index contributed by atoms with van der Waals surface area (Å²) >= 11 is -0.523. The fourth-order valence-electron chi connectivity index (χ4n) is 5.13. The summed E-state index contributed by atoms with van der Waals surface area (Å²) in [6.07, 6.45) is 5.79. The van der Waals surface area contributed by atoms with Crippen LogP contribution in [0.25, 0.3) is 0 Å². The SMILES string of the molecule is CC1C[C@@H](N2CCC3(C2)C[S+]([O-])C3)C[C@H]1c1ccnn1C(C)C. The molecule has 1 aliphatic carbocycles. The zero-order valence-electron chi connectivity index (χ0n) is 14.6. The Labute approximate surface area is 142 Å². The summed E-state index contributed by atoms with van der Waals surface area (Å²) in [5, 5.41) is 4.54. The maximum atomic E-state index is 11.5. The first kappa shape index (κ1) is 16.0. The van der Waals surface area contributed by atoms with Crippen molar-refractivity contribution in [3.05, 3.63) is 18.0 Å². The maximum Gasteiger partial charge on any atom is 0.117 e. The Morgan fingerprint density at radius 1 is 1.35 bits per heavy atom. The number of rotatable bonds is 3. The maximum absolute atomic E-state index is 11.5. The number of hydrogen-bond donors (Lipinski definition) is 0. The van der Waals surface area contributed by atoms with Crippen LogP contribution in [-0.2, 0) is 11.2 Å². The molecule has 0 bridgehead atoms. The van der Waals surface area contributed by atoms with Crippen molar-refractivity contribution in [1.29, 1.82) is 0 Å². The van der Waals surface area contributed by atoms with Crippen LogP contribution in [0.4, 0.5) is 0 Å². The molecule has 2 saturated heterocycles. The molecule has 3 atom stereocenters. The highest BCUT2D eigenvalue weighted by molar-refractivity contribution is 7.92. The van der Waals surface area contributed by atoms with Crippen molar-refractivity contribution in [2.75, 3.05) is 24.6 Å². The fourth-order valence-corrected chi connectivity index (χ4v) is 6.89. The standard InChI is InChI=1S/C18H29N3OS/c1-13(2)21-17(4-6-19-21)16-9-15(8-14(16)3)20-7-5-18(10-20)11-23(22)12-18/h4,6,13-16H,5,7-12H2,1-3H3/t14?,15-,16-,18?,23?/m1/s1. The van der Waals surface area contributed by atoms with Gasteiger partial charge in [0.15, 0.2) is 0 Å². The molecule has 1 saturated carbocycles. The molecular weight excluding hydrogens is 306 g/mol. The number of likely N-dealkylation sites (tertiary alicyclic amines) is 1. The zero-order valence-corrected chi connectivity index (χ0v) is 15.4. The van der Waals surface area contributed by atoms with E-state index in [0.29, 0.717) is 23.4 Å². The highest BCUT2D eigenvalue weighted by Crippen LogP contribution is 2.47. The van der Waals surface area contributed by atoms with Gasteiger partial charge in [0.2, 0.25) is 0 Å². The molecule has 3 heterocycles. The lowest BCUT2D eigenvalue weighted by Gasteiger charge is -2.39. The van der Waals surface area contributed by atoms with E-state index >= 15 is 0 Å². The monoisotopic (exact) mass is 335 g/mol. The van der Waals surface area contributed by atoms with Gasteiger partial charge < -0.3 is 4.55 Å². The first-order chi connectivity index (χ1) is 11.0. The molecule has 3 fully saturated rings. The van der Waals surface area contributed by atoms with Crippen molar-refractivity contribution in [3.8, 4) is 0 Å². The van der Waals surface area contributed by atoms with E-state index in [1.54, 1.807) is 0 Å². The van der Waals surface area contributed by atoms with Gasteiger partial charge in [-0.2, -0.15) is 5.10 Å². The molecule has 0 aromatic carbocycles. The third-order valence-electron chi connectivity index (χ3n) is 6.35. The van der Waals surface area contributed by atoms with Gasteiger partial charge in [-0.05, 0) is 51.6 Å². The van der Waals surface area contributed by atoms with Crippen molar-refractivity contribution in [3.63, 3.8) is 0 Å². The van der Waals surface area contributed by atoms with E-state index in [-0.39, 0.29) is 0 Å². The average Bonchev–Trinajstić information content (AvgIpc) is 3.14. The molecule has 128 valence electrons. The van der Waals surface area contributed by atoms with E-state index in [2.05, 4.69) is 41.5 Å². The molecular formula is C18H29N3OS. The van der Waals surface area contributed by atoms with E-state index in [1.807, 2.05) is 6.20 Å². The van der Waals surface area contributed by atoms with Gasteiger partial charge in [0, 0.05) is 36.4 Å². The molecule has 2 aliphatic heterocycles. The van der Waals surface area contributed by atoms with Gasteiger partial charge in [0.1, 0.15) is 11.5 Å². The summed E-state index contributed by atoms with van der Waals surface area (Å²) < 4.78 is 13.7. The summed E-state index contributed by atoms with van der Waals surface area (Å²) in [4.78, 5) is 2.71. The van der Waals surface area contributed by atoms with E-state index in [9.17, 15) is 4.55 Å². The molecule has 5 heteroatoms. The molecule has 23 heavy (non-hydrogen) atoms. The molecule has 1 spiro atoms. The van der Waals surface area contributed by atoms with Crippen LogP contribution in [-0.4, -0.2) is 49.9 Å². The second kappa shape index (κ2) is 5.78. The van der Waals surface area contributed by atoms with Crippen molar-refractivity contribution in [2.45, 2.75) is 58.0 Å². The van der Waals surface area contributed by atoms with Crippen LogP contribution < -0.4 is 0 Å². The molecule has 4 rings (SSSR count). The largest absolute Gasteiger partial charge is 0.616 e. The van der Waals surface area contributed by atoms with Crippen LogP contribution >= 0.6 is 0 Å². The Balaban J connectivity index is 1.45. The summed E-state index contributed by atoms with van der Waals surface area (Å²) in [5.41, 5.74) is 1.83. The van der Waals surface area contributed by atoms with Gasteiger partial charge in [-0.25, -0.2) is 0 Å². The fraction of sp³-hybridized carbons (Fsp3) is 0.833. The minimum Gasteiger partial charge on any atom is -0.616 e. The van der Waals surface area contributed by atoms with Crippen LogP contribution in [0.3, 0.4) is 0 Å². The van der Waals surface area contributed by atoms with Crippen LogP contribution in [0.1, 0.15) is 57.7 Å². The molecule has 0 radical (unpaired) electrons. The van der Waals surface area contributed by atoms with Gasteiger partial charge >= 0.3 is 0 Å². The summed E-state index contributed by atoms with van der Waals surface area (Å²) in [5.74, 6) is 3.27. The average molecular weight is 336 g/mol. The molecule has 1 unspecified atom stereocenters. The van der Waals surface area contributed by atoms with E-state index < -0.39 is 11.2 Å². The second-order valence-corrected chi connectivity index (χ2v) is 9.91. The summed E-state index contributed by atoms with van der Waals surface area (Å²) in [6.45, 7) is 9.24. The predicted octanol–water partition coefficient (Wildman–Crippen LogP) is 2.80. The zero-order chi connectivity index (χ0) is 16.2. The first-order valence-corrected chi connectivity index (χ1v) is 10.6. The Kier molecular flexibility index (Phi) is 4.01. The first-order valence-electron chi connectivity index (χ1n) is 9.10. The van der Waals surface area contributed by atoms with Crippen molar-refractivity contribution >= 4 is 11.2 Å². The van der Waals surface area contributed by atoms with Gasteiger partial charge in [0.25, 0.3) is 0 Å². The van der Waals surface area contributed by atoms with Crippen molar-refractivity contribution in [2.24, 2.45) is 11.3 Å². The van der Waals surface area contributed by atoms with Crippen molar-refractivity contribution < 1.29 is 4.55 Å². The Hall–Kier alpha value is -0.520. The molecule has 1 aromatic rings. The normalized spacial score (nSPS) is 41.1. The number of aromatic nitrogens is 2. The van der Waals surface area contributed by atoms with Crippen LogP contribution in [0, 0.1) is 11.3 Å². The number of nitrogens with zero attached hydrogens (tertiary/aromatic N) is 3. The lowest BCUT2D eigenvalue weighted by molar-refractivity contribution is 0.211. The molecule has 1 aromatic heterocycles. The Morgan fingerprint density at radius 3 is 2.83 bits per heavy atom. The Morgan fingerprint density at radius 2 is 2.13 bits per heavy atom. The lowest BCUT2D eigenvalue weighted by Crippen LogP contribution is -2.50. The van der Waals surface area contributed by atoms with Gasteiger partial charge in [-0.1, -0.05) is 18.1 Å². The minimum absolute atomic E-state index is 0.409. The molecule has 0 amide bonds. The topological polar surface area (TPSA) is 44.1 Å². The van der Waals surface area contributed by atoms with Gasteiger partial charge in [0.05, 0.1) is 5.41 Å². The van der Waals surface area contributed by atoms with E-state index in [1.165, 1.54) is 38.0 Å². The van der Waals surface area contributed by atoms with Crippen LogP contribution in [0.5, 0.6) is 0 Å². The third kappa shape index (κ3) is 2.75. The lowest BCUT2D eigenvalue weighted by atomic mass is 9.91. The number of hydrogen-bond acceptors (Lipinski definition) is 3. The van der Waals surface area contributed by atoms with E-state index in [0.717, 1.165) is 17.4 Å². The van der Waals surface area contributed by atoms with Gasteiger partial charge in [-0.15, -0.1) is 0 Å². The molecule has 3 aliphatic rings. The Bertz CT molecular complexity index is 566. The third-order valence-corrected chi connectivity index (χ3v) is 8.21. The highest BCUT2D eigenvalue weighted by Gasteiger charge is 2.54.